The van der Waals surface area contributed by atoms with E-state index in [4.69, 9.17) is 9.47 Å². The Morgan fingerprint density at radius 3 is 2.50 bits per heavy atom. The quantitative estimate of drug-likeness (QED) is 0.593. The minimum absolute atomic E-state index is 0.00207. The van der Waals surface area contributed by atoms with Gasteiger partial charge in [0.2, 0.25) is 11.8 Å². The molecule has 0 unspecified atom stereocenters. The van der Waals surface area contributed by atoms with Gasteiger partial charge in [-0.3, -0.25) is 14.5 Å². The third kappa shape index (κ3) is 5.19. The molecule has 2 amide bonds. The van der Waals surface area contributed by atoms with Crippen LogP contribution in [0.5, 0.6) is 5.88 Å². The molecule has 0 radical (unpaired) electrons. The zero-order valence-corrected chi connectivity index (χ0v) is 20.5. The molecule has 0 atom stereocenters. The summed E-state index contributed by atoms with van der Waals surface area (Å²) in [5, 5.41) is 0.780. The predicted molar refractivity (Wildman–Crippen MR) is 124 cm³/mol. The number of hydrogen-bond acceptors (Lipinski definition) is 8. The zero-order chi connectivity index (χ0) is 23.3. The van der Waals surface area contributed by atoms with E-state index >= 15 is 0 Å². The predicted octanol–water partition coefficient (Wildman–Crippen LogP) is 2.17. The summed E-state index contributed by atoms with van der Waals surface area (Å²) in [6.07, 6.45) is 0.836. The molecule has 0 aromatic carbocycles. The molecule has 176 valence electrons. The molecule has 2 aromatic heterocycles. The normalized spacial score (nSPS) is 15.1. The highest BCUT2D eigenvalue weighted by molar-refractivity contribution is 7.20. The number of rotatable bonds is 8. The van der Waals surface area contributed by atoms with Crippen LogP contribution in [0.25, 0.3) is 10.2 Å². The van der Waals surface area contributed by atoms with Crippen LogP contribution >= 0.6 is 11.3 Å². The molecular weight excluding hydrogens is 430 g/mol. The summed E-state index contributed by atoms with van der Waals surface area (Å²) in [5.41, 5.74) is 0.841. The first-order valence-electron chi connectivity index (χ1n) is 11.1. The van der Waals surface area contributed by atoms with Crippen LogP contribution in [0.4, 0.5) is 0 Å². The fourth-order valence-electron chi connectivity index (χ4n) is 4.03. The van der Waals surface area contributed by atoms with Crippen molar-refractivity contribution in [3.05, 3.63) is 16.3 Å². The number of likely N-dealkylation sites (N-methyl/N-ethyl adjacent to an activating group) is 1. The fourth-order valence-corrected chi connectivity index (χ4v) is 5.19. The number of carbonyl (C=O) groups is 2. The number of aromatic nitrogens is 2. The van der Waals surface area contributed by atoms with Gasteiger partial charge in [0.25, 0.3) is 5.91 Å². The molecule has 3 rings (SSSR count). The van der Waals surface area contributed by atoms with E-state index in [1.807, 2.05) is 30.6 Å². The van der Waals surface area contributed by atoms with Gasteiger partial charge in [0, 0.05) is 46.4 Å². The van der Waals surface area contributed by atoms with Gasteiger partial charge in [-0.1, -0.05) is 0 Å². The first kappa shape index (κ1) is 24.3. The Hall–Kier alpha value is -2.30. The van der Waals surface area contributed by atoms with Crippen LogP contribution in [0.2, 0.25) is 0 Å². The largest absolute Gasteiger partial charge is 0.480 e. The molecule has 0 N–H and O–H groups in total. The summed E-state index contributed by atoms with van der Waals surface area (Å²) in [7, 11) is 3.16. The standard InChI is InChI=1S/C22H33N5O4S/c1-6-26(7-2)17(28)13-25-9-8-10-27(12-11-25)22(29)19-15(3)18-20(31-5)23-16(14-30-4)24-21(18)32-19/h6-14H2,1-5H3. The summed E-state index contributed by atoms with van der Waals surface area (Å²) >= 11 is 1.37. The lowest BCUT2D eigenvalue weighted by Crippen LogP contribution is -2.42. The van der Waals surface area contributed by atoms with E-state index in [2.05, 4.69) is 14.9 Å². The minimum Gasteiger partial charge on any atom is -0.480 e. The van der Waals surface area contributed by atoms with Crippen molar-refractivity contribution in [2.24, 2.45) is 0 Å². The first-order valence-corrected chi connectivity index (χ1v) is 11.9. The van der Waals surface area contributed by atoms with Gasteiger partial charge in [0.05, 0.1) is 23.9 Å². The molecule has 2 aromatic rings. The van der Waals surface area contributed by atoms with E-state index in [0.717, 1.165) is 41.8 Å². The summed E-state index contributed by atoms with van der Waals surface area (Å²) < 4.78 is 10.6. The van der Waals surface area contributed by atoms with Crippen molar-refractivity contribution in [3.63, 3.8) is 0 Å². The summed E-state index contributed by atoms with van der Waals surface area (Å²) in [6, 6.07) is 0. The second kappa shape index (κ2) is 11.0. The number of nitrogens with zero attached hydrogens (tertiary/aromatic N) is 5. The number of hydrogen-bond donors (Lipinski definition) is 0. The number of methoxy groups -OCH3 is 2. The summed E-state index contributed by atoms with van der Waals surface area (Å²) in [4.78, 5) is 42.1. The van der Waals surface area contributed by atoms with Crippen LogP contribution in [0.1, 0.15) is 41.3 Å². The molecule has 32 heavy (non-hydrogen) atoms. The SMILES string of the molecule is CCN(CC)C(=O)CN1CCCN(C(=O)c2sc3nc(COC)nc(OC)c3c2C)CC1. The Kier molecular flexibility index (Phi) is 8.38. The van der Waals surface area contributed by atoms with Crippen LogP contribution < -0.4 is 4.74 Å². The van der Waals surface area contributed by atoms with Gasteiger partial charge < -0.3 is 19.3 Å². The topological polar surface area (TPSA) is 88.1 Å². The molecule has 0 saturated carbocycles. The van der Waals surface area contributed by atoms with Crippen molar-refractivity contribution in [1.29, 1.82) is 0 Å². The van der Waals surface area contributed by atoms with Crippen molar-refractivity contribution in [3.8, 4) is 5.88 Å². The zero-order valence-electron chi connectivity index (χ0n) is 19.6. The molecule has 1 aliphatic heterocycles. The third-order valence-corrected chi connectivity index (χ3v) is 6.99. The summed E-state index contributed by atoms with van der Waals surface area (Å²) in [5.74, 6) is 1.14. The van der Waals surface area contributed by atoms with Gasteiger partial charge in [-0.05, 0) is 32.8 Å². The van der Waals surface area contributed by atoms with E-state index in [-0.39, 0.29) is 18.4 Å². The van der Waals surface area contributed by atoms with Gasteiger partial charge >= 0.3 is 0 Å². The van der Waals surface area contributed by atoms with Crippen LogP contribution in [-0.4, -0.2) is 96.5 Å². The van der Waals surface area contributed by atoms with E-state index in [0.29, 0.717) is 42.8 Å². The van der Waals surface area contributed by atoms with Crippen LogP contribution in [0.15, 0.2) is 0 Å². The molecule has 10 heteroatoms. The monoisotopic (exact) mass is 463 g/mol. The van der Waals surface area contributed by atoms with Crippen molar-refractivity contribution in [2.45, 2.75) is 33.8 Å². The van der Waals surface area contributed by atoms with E-state index in [1.165, 1.54) is 11.3 Å². The highest BCUT2D eigenvalue weighted by Gasteiger charge is 2.27. The molecule has 9 nitrogen and oxygen atoms in total. The second-order valence-corrected chi connectivity index (χ2v) is 8.81. The van der Waals surface area contributed by atoms with Crippen molar-refractivity contribution in [1.82, 2.24) is 24.7 Å². The maximum atomic E-state index is 13.4. The second-order valence-electron chi connectivity index (χ2n) is 7.81. The van der Waals surface area contributed by atoms with Crippen LogP contribution in [-0.2, 0) is 16.1 Å². The lowest BCUT2D eigenvalue weighted by atomic mass is 10.2. The molecule has 0 bridgehead atoms. The maximum absolute atomic E-state index is 13.4. The van der Waals surface area contributed by atoms with E-state index < -0.39 is 0 Å². The Morgan fingerprint density at radius 1 is 1.09 bits per heavy atom. The van der Waals surface area contributed by atoms with Crippen LogP contribution in [0, 0.1) is 6.92 Å². The molecular formula is C22H33N5O4S. The first-order chi connectivity index (χ1) is 15.4. The molecule has 1 aliphatic rings. The number of ether oxygens (including phenoxy) is 2. The average molecular weight is 464 g/mol. The van der Waals surface area contributed by atoms with E-state index in [1.54, 1.807) is 14.2 Å². The average Bonchev–Trinajstić information content (AvgIpc) is 2.95. The van der Waals surface area contributed by atoms with Gasteiger partial charge in [0.1, 0.15) is 11.4 Å². The van der Waals surface area contributed by atoms with Crippen LogP contribution in [0.3, 0.4) is 0 Å². The fraction of sp³-hybridized carbons (Fsp3) is 0.636. The maximum Gasteiger partial charge on any atom is 0.264 e. The summed E-state index contributed by atoms with van der Waals surface area (Å²) in [6.45, 7) is 10.8. The third-order valence-electron chi connectivity index (χ3n) is 5.82. The minimum atomic E-state index is -0.00207. The van der Waals surface area contributed by atoms with Gasteiger partial charge in [-0.15, -0.1) is 11.3 Å². The Labute approximate surface area is 193 Å². The lowest BCUT2D eigenvalue weighted by molar-refractivity contribution is -0.132. The smallest absolute Gasteiger partial charge is 0.264 e. The Balaban J connectivity index is 1.76. The number of thiophene rings is 1. The highest BCUT2D eigenvalue weighted by Crippen LogP contribution is 2.35. The molecule has 3 heterocycles. The van der Waals surface area contributed by atoms with Crippen molar-refractivity contribution < 1.29 is 19.1 Å². The molecule has 0 spiro atoms. The van der Waals surface area contributed by atoms with E-state index in [9.17, 15) is 9.59 Å². The molecule has 1 saturated heterocycles. The van der Waals surface area contributed by atoms with Crippen molar-refractivity contribution in [2.75, 3.05) is 60.0 Å². The lowest BCUT2D eigenvalue weighted by Gasteiger charge is -2.25. The van der Waals surface area contributed by atoms with Gasteiger partial charge in [-0.25, -0.2) is 4.98 Å². The number of fused-ring (bicyclic) bond motifs is 1. The Morgan fingerprint density at radius 2 is 1.84 bits per heavy atom. The number of amides is 2. The van der Waals surface area contributed by atoms with Crippen molar-refractivity contribution >= 4 is 33.4 Å². The molecule has 1 fully saturated rings. The number of carbonyl (C=O) groups excluding carboxylic acids is 2. The van der Waals surface area contributed by atoms with Gasteiger partial charge in [0.15, 0.2) is 5.82 Å². The highest BCUT2D eigenvalue weighted by atomic mass is 32.1. The Bertz CT molecular complexity index is 959. The van der Waals surface area contributed by atoms with Gasteiger partial charge in [-0.2, -0.15) is 4.98 Å². The number of aryl methyl sites for hydroxylation is 1. The molecule has 0 aliphatic carbocycles.